The van der Waals surface area contributed by atoms with Crippen LogP contribution in [0.3, 0.4) is 0 Å². The van der Waals surface area contributed by atoms with Gasteiger partial charge in [0.1, 0.15) is 0 Å². The molecule has 8 heteroatoms. The van der Waals surface area contributed by atoms with E-state index < -0.39 is 20.9 Å². The Kier molecular flexibility index (Phi) is 9.49. The molecule has 0 aliphatic carbocycles. The molecule has 2 aromatic rings. The van der Waals surface area contributed by atoms with Crippen molar-refractivity contribution in [3.05, 3.63) is 58.6 Å². The SMILES string of the molecule is Cc1cc(NCCC(C)CCNS(=O)(=O)C(C)C)ccc1N1CCC(O)(c2ccc(Cl)cc2)CC1. The maximum absolute atomic E-state index is 11.8. The minimum atomic E-state index is -3.19. The first-order valence-corrected chi connectivity index (χ1v) is 14.5. The molecule has 1 heterocycles. The number of benzene rings is 2. The van der Waals surface area contributed by atoms with Crippen molar-refractivity contribution >= 4 is 33.0 Å². The Morgan fingerprint density at radius 1 is 1.03 bits per heavy atom. The summed E-state index contributed by atoms with van der Waals surface area (Å²) in [5.74, 6) is 0.422. The standard InChI is InChI=1S/C27H40ClN3O3S/c1-20(2)35(33,34)30-16-12-21(3)11-15-29-25-9-10-26(22(4)19-25)31-17-13-27(32,14-18-31)23-5-7-24(28)8-6-23/h5-10,19-21,29-30,32H,11-18H2,1-4H3. The molecule has 1 unspecified atom stereocenters. The monoisotopic (exact) mass is 521 g/mol. The minimum Gasteiger partial charge on any atom is -0.385 e. The molecule has 1 aliphatic rings. The van der Waals surface area contributed by atoms with Gasteiger partial charge in [-0.05, 0) is 93.8 Å². The maximum atomic E-state index is 11.8. The van der Waals surface area contributed by atoms with Crippen LogP contribution in [0.2, 0.25) is 5.02 Å². The van der Waals surface area contributed by atoms with Crippen LogP contribution in [0.25, 0.3) is 0 Å². The Labute approximate surface area is 216 Å². The second-order valence-corrected chi connectivity index (χ2v) is 12.9. The van der Waals surface area contributed by atoms with Crippen LogP contribution >= 0.6 is 11.6 Å². The van der Waals surface area contributed by atoms with Crippen LogP contribution in [0.1, 0.15) is 57.6 Å². The topological polar surface area (TPSA) is 81.7 Å². The summed E-state index contributed by atoms with van der Waals surface area (Å²) >= 11 is 6.00. The van der Waals surface area contributed by atoms with E-state index in [1.54, 1.807) is 13.8 Å². The van der Waals surface area contributed by atoms with Crippen LogP contribution in [-0.2, 0) is 15.6 Å². The van der Waals surface area contributed by atoms with Crippen LogP contribution in [0.4, 0.5) is 11.4 Å². The molecule has 35 heavy (non-hydrogen) atoms. The minimum absolute atomic E-state index is 0.398. The average molecular weight is 522 g/mol. The van der Waals surface area contributed by atoms with Gasteiger partial charge in [-0.3, -0.25) is 0 Å². The number of aryl methyl sites for hydroxylation is 1. The van der Waals surface area contributed by atoms with Gasteiger partial charge in [0, 0.05) is 42.6 Å². The zero-order valence-corrected chi connectivity index (χ0v) is 22.9. The van der Waals surface area contributed by atoms with E-state index in [2.05, 4.69) is 47.0 Å². The first kappa shape index (κ1) is 27.8. The van der Waals surface area contributed by atoms with Crippen molar-refractivity contribution in [1.82, 2.24) is 4.72 Å². The predicted molar refractivity (Wildman–Crippen MR) is 147 cm³/mol. The average Bonchev–Trinajstić information content (AvgIpc) is 2.80. The van der Waals surface area contributed by atoms with Gasteiger partial charge in [0.15, 0.2) is 0 Å². The molecule has 1 fully saturated rings. The summed E-state index contributed by atoms with van der Waals surface area (Å²) in [6.07, 6.45) is 3.15. The second-order valence-electron chi connectivity index (χ2n) is 10.1. The highest BCUT2D eigenvalue weighted by atomic mass is 35.5. The largest absolute Gasteiger partial charge is 0.385 e. The van der Waals surface area contributed by atoms with E-state index >= 15 is 0 Å². The highest BCUT2D eigenvalue weighted by Gasteiger charge is 2.34. The molecular weight excluding hydrogens is 482 g/mol. The second kappa shape index (κ2) is 12.0. The summed E-state index contributed by atoms with van der Waals surface area (Å²) in [6.45, 7) is 10.6. The fraction of sp³-hybridized carbons (Fsp3) is 0.556. The van der Waals surface area contributed by atoms with E-state index in [0.717, 1.165) is 43.7 Å². The van der Waals surface area contributed by atoms with Gasteiger partial charge < -0.3 is 15.3 Å². The fourth-order valence-electron chi connectivity index (χ4n) is 4.51. The molecule has 1 atom stereocenters. The molecule has 0 saturated carbocycles. The summed E-state index contributed by atoms with van der Waals surface area (Å²) in [4.78, 5) is 2.35. The Bertz CT molecular complexity index is 1070. The molecule has 0 aromatic heterocycles. The highest BCUT2D eigenvalue weighted by Crippen LogP contribution is 2.36. The van der Waals surface area contributed by atoms with Gasteiger partial charge in [0.05, 0.1) is 10.9 Å². The number of halogens is 1. The maximum Gasteiger partial charge on any atom is 0.213 e. The van der Waals surface area contributed by atoms with Gasteiger partial charge in [-0.2, -0.15) is 0 Å². The number of aliphatic hydroxyl groups is 1. The lowest BCUT2D eigenvalue weighted by molar-refractivity contribution is 0.0117. The summed E-state index contributed by atoms with van der Waals surface area (Å²) in [5, 5.41) is 14.9. The molecule has 0 radical (unpaired) electrons. The lowest BCUT2D eigenvalue weighted by Gasteiger charge is -2.40. The van der Waals surface area contributed by atoms with Crippen molar-refractivity contribution in [2.75, 3.05) is 36.4 Å². The van der Waals surface area contributed by atoms with Crippen LogP contribution in [0.5, 0.6) is 0 Å². The van der Waals surface area contributed by atoms with Gasteiger partial charge in [-0.15, -0.1) is 0 Å². The number of rotatable bonds is 11. The number of nitrogens with one attached hydrogen (secondary N) is 2. The number of nitrogens with zero attached hydrogens (tertiary/aromatic N) is 1. The third kappa shape index (κ3) is 7.59. The van der Waals surface area contributed by atoms with Gasteiger partial charge in [-0.1, -0.05) is 30.7 Å². The van der Waals surface area contributed by atoms with Crippen molar-refractivity contribution < 1.29 is 13.5 Å². The zero-order valence-electron chi connectivity index (χ0n) is 21.4. The van der Waals surface area contributed by atoms with Crippen molar-refractivity contribution in [3.63, 3.8) is 0 Å². The molecule has 3 rings (SSSR count). The molecule has 1 aliphatic heterocycles. The molecule has 3 N–H and O–H groups in total. The van der Waals surface area contributed by atoms with Gasteiger partial charge >= 0.3 is 0 Å². The number of piperidine rings is 1. The molecule has 0 amide bonds. The van der Waals surface area contributed by atoms with Crippen LogP contribution in [0, 0.1) is 12.8 Å². The van der Waals surface area contributed by atoms with E-state index in [1.165, 1.54) is 11.3 Å². The van der Waals surface area contributed by atoms with Crippen LogP contribution in [0.15, 0.2) is 42.5 Å². The zero-order chi connectivity index (χ0) is 25.6. The van der Waals surface area contributed by atoms with Gasteiger partial charge in [0.2, 0.25) is 10.0 Å². The molecule has 6 nitrogen and oxygen atoms in total. The van der Waals surface area contributed by atoms with E-state index in [4.69, 9.17) is 11.6 Å². The Balaban J connectivity index is 1.45. The van der Waals surface area contributed by atoms with E-state index in [1.807, 2.05) is 24.3 Å². The Morgan fingerprint density at radius 3 is 2.26 bits per heavy atom. The number of hydrogen-bond acceptors (Lipinski definition) is 5. The molecular formula is C27H40ClN3O3S. The van der Waals surface area contributed by atoms with Crippen molar-refractivity contribution in [2.45, 2.75) is 64.2 Å². The molecule has 1 saturated heterocycles. The normalized spacial score (nSPS) is 16.9. The quantitative estimate of drug-likeness (QED) is 0.374. The summed E-state index contributed by atoms with van der Waals surface area (Å²) in [5.41, 5.74) is 3.64. The van der Waals surface area contributed by atoms with E-state index in [0.29, 0.717) is 30.3 Å². The van der Waals surface area contributed by atoms with Crippen LogP contribution < -0.4 is 14.9 Å². The number of sulfonamides is 1. The molecule has 0 spiro atoms. The van der Waals surface area contributed by atoms with Crippen molar-refractivity contribution in [3.8, 4) is 0 Å². The molecule has 2 aromatic carbocycles. The smallest absolute Gasteiger partial charge is 0.213 e. The molecule has 0 bridgehead atoms. The summed E-state index contributed by atoms with van der Waals surface area (Å²) < 4.78 is 26.4. The van der Waals surface area contributed by atoms with Gasteiger partial charge in [0.25, 0.3) is 0 Å². The van der Waals surface area contributed by atoms with Gasteiger partial charge in [-0.25, -0.2) is 13.1 Å². The third-order valence-corrected chi connectivity index (χ3v) is 9.14. The number of hydrogen-bond donors (Lipinski definition) is 3. The lowest BCUT2D eigenvalue weighted by Crippen LogP contribution is -2.42. The summed E-state index contributed by atoms with van der Waals surface area (Å²) in [7, 11) is -3.19. The highest BCUT2D eigenvalue weighted by molar-refractivity contribution is 7.90. The summed E-state index contributed by atoms with van der Waals surface area (Å²) in [6, 6.07) is 14.0. The predicted octanol–water partition coefficient (Wildman–Crippen LogP) is 5.29. The first-order valence-electron chi connectivity index (χ1n) is 12.6. The van der Waals surface area contributed by atoms with E-state index in [-0.39, 0.29) is 0 Å². The van der Waals surface area contributed by atoms with E-state index in [9.17, 15) is 13.5 Å². The molecule has 194 valence electrons. The fourth-order valence-corrected chi connectivity index (χ4v) is 5.37. The van der Waals surface area contributed by atoms with Crippen molar-refractivity contribution in [2.24, 2.45) is 5.92 Å². The Hall–Kier alpha value is -1.80. The van der Waals surface area contributed by atoms with Crippen LogP contribution in [-0.4, -0.2) is 45.0 Å². The van der Waals surface area contributed by atoms with Crippen molar-refractivity contribution in [1.29, 1.82) is 0 Å². The first-order chi connectivity index (χ1) is 16.5. The number of anilines is 2. The Morgan fingerprint density at radius 2 is 1.66 bits per heavy atom. The third-order valence-electron chi connectivity index (χ3n) is 7.04. The lowest BCUT2D eigenvalue weighted by atomic mass is 9.84.